The van der Waals surface area contributed by atoms with Gasteiger partial charge in [-0.15, -0.1) is 0 Å². The van der Waals surface area contributed by atoms with E-state index in [1.165, 1.54) is 12.1 Å². The zero-order valence-electron chi connectivity index (χ0n) is 9.56. The minimum absolute atomic E-state index is 0.00506. The van der Waals surface area contributed by atoms with Gasteiger partial charge in [0.25, 0.3) is 0 Å². The molecule has 0 saturated carbocycles. The van der Waals surface area contributed by atoms with Crippen LogP contribution in [0.2, 0.25) is 0 Å². The van der Waals surface area contributed by atoms with Gasteiger partial charge in [-0.3, -0.25) is 0 Å². The highest BCUT2D eigenvalue weighted by atomic mass is 19.1. The number of hydrogen-bond acceptors (Lipinski definition) is 3. The Morgan fingerprint density at radius 2 is 2.18 bits per heavy atom. The molecular weight excluding hydrogens is 221 g/mol. The van der Waals surface area contributed by atoms with Gasteiger partial charge in [0, 0.05) is 24.6 Å². The number of fused-ring (bicyclic) bond motifs is 1. The van der Waals surface area contributed by atoms with Crippen molar-refractivity contribution >= 4 is 0 Å². The SMILES string of the molecule is NC1CC(C2CCCO2)Oc2ccc(F)cc21. The predicted molar refractivity (Wildman–Crippen MR) is 61.3 cm³/mol. The number of ether oxygens (including phenoxy) is 2. The maximum absolute atomic E-state index is 13.1. The molecule has 3 atom stereocenters. The summed E-state index contributed by atoms with van der Waals surface area (Å²) < 4.78 is 24.6. The Morgan fingerprint density at radius 1 is 1.29 bits per heavy atom. The monoisotopic (exact) mass is 237 g/mol. The third-order valence-electron chi connectivity index (χ3n) is 3.52. The van der Waals surface area contributed by atoms with E-state index in [9.17, 15) is 4.39 Å². The van der Waals surface area contributed by atoms with E-state index in [2.05, 4.69) is 0 Å². The van der Waals surface area contributed by atoms with E-state index < -0.39 is 0 Å². The summed E-state index contributed by atoms with van der Waals surface area (Å²) >= 11 is 0. The smallest absolute Gasteiger partial charge is 0.127 e. The van der Waals surface area contributed by atoms with Crippen LogP contribution in [0.15, 0.2) is 18.2 Å². The highest BCUT2D eigenvalue weighted by molar-refractivity contribution is 5.38. The van der Waals surface area contributed by atoms with Crippen LogP contribution in [0.3, 0.4) is 0 Å². The maximum Gasteiger partial charge on any atom is 0.127 e. The summed E-state index contributed by atoms with van der Waals surface area (Å²) in [5, 5.41) is 0. The molecule has 92 valence electrons. The fourth-order valence-corrected chi connectivity index (χ4v) is 2.63. The molecule has 2 aliphatic heterocycles. The highest BCUT2D eigenvalue weighted by Gasteiger charge is 2.34. The van der Waals surface area contributed by atoms with Crippen molar-refractivity contribution in [3.05, 3.63) is 29.6 Å². The van der Waals surface area contributed by atoms with Crippen LogP contribution in [-0.4, -0.2) is 18.8 Å². The lowest BCUT2D eigenvalue weighted by Crippen LogP contribution is -2.38. The summed E-state index contributed by atoms with van der Waals surface area (Å²) in [6, 6.07) is 4.37. The van der Waals surface area contributed by atoms with Crippen molar-refractivity contribution in [1.29, 1.82) is 0 Å². The molecule has 1 fully saturated rings. The average Bonchev–Trinajstić information content (AvgIpc) is 2.83. The lowest BCUT2D eigenvalue weighted by molar-refractivity contribution is -0.00202. The van der Waals surface area contributed by atoms with E-state index in [0.717, 1.165) is 25.0 Å². The van der Waals surface area contributed by atoms with Gasteiger partial charge in [-0.25, -0.2) is 4.39 Å². The minimum atomic E-state index is -0.265. The summed E-state index contributed by atoms with van der Waals surface area (Å²) in [5.74, 6) is 0.434. The maximum atomic E-state index is 13.1. The first-order valence-corrected chi connectivity index (χ1v) is 6.07. The van der Waals surface area contributed by atoms with Gasteiger partial charge in [0.1, 0.15) is 17.7 Å². The molecular formula is C13H16FNO2. The van der Waals surface area contributed by atoms with Crippen LogP contribution in [0.5, 0.6) is 5.75 Å². The molecule has 1 saturated heterocycles. The second-order valence-corrected chi connectivity index (χ2v) is 4.73. The minimum Gasteiger partial charge on any atom is -0.487 e. The van der Waals surface area contributed by atoms with Crippen molar-refractivity contribution in [2.75, 3.05) is 6.61 Å². The van der Waals surface area contributed by atoms with Crippen molar-refractivity contribution < 1.29 is 13.9 Å². The molecule has 2 N–H and O–H groups in total. The third kappa shape index (κ3) is 2.03. The van der Waals surface area contributed by atoms with Crippen LogP contribution in [0.25, 0.3) is 0 Å². The normalized spacial score (nSPS) is 32.0. The Kier molecular flexibility index (Phi) is 2.76. The first-order chi connectivity index (χ1) is 8.24. The van der Waals surface area contributed by atoms with Gasteiger partial charge >= 0.3 is 0 Å². The molecule has 1 aromatic carbocycles. The summed E-state index contributed by atoms with van der Waals surface area (Å²) in [7, 11) is 0. The van der Waals surface area contributed by atoms with Crippen LogP contribution in [-0.2, 0) is 4.74 Å². The van der Waals surface area contributed by atoms with Crippen molar-refractivity contribution in [1.82, 2.24) is 0 Å². The quantitative estimate of drug-likeness (QED) is 0.814. The second kappa shape index (κ2) is 4.27. The van der Waals surface area contributed by atoms with Crippen molar-refractivity contribution in [2.45, 2.75) is 37.5 Å². The fraction of sp³-hybridized carbons (Fsp3) is 0.538. The molecule has 0 aromatic heterocycles. The van der Waals surface area contributed by atoms with E-state index in [4.69, 9.17) is 15.2 Å². The summed E-state index contributed by atoms with van der Waals surface area (Å²) in [4.78, 5) is 0. The Bertz CT molecular complexity index is 418. The molecule has 2 heterocycles. The van der Waals surface area contributed by atoms with Crippen LogP contribution >= 0.6 is 0 Å². The second-order valence-electron chi connectivity index (χ2n) is 4.73. The van der Waals surface area contributed by atoms with E-state index in [0.29, 0.717) is 12.2 Å². The predicted octanol–water partition coefficient (Wildman–Crippen LogP) is 2.16. The summed E-state index contributed by atoms with van der Waals surface area (Å²) in [5.41, 5.74) is 6.83. The molecule has 17 heavy (non-hydrogen) atoms. The van der Waals surface area contributed by atoms with E-state index in [-0.39, 0.29) is 24.1 Å². The van der Waals surface area contributed by atoms with Crippen LogP contribution in [0.4, 0.5) is 4.39 Å². The zero-order valence-corrected chi connectivity index (χ0v) is 9.56. The molecule has 0 spiro atoms. The van der Waals surface area contributed by atoms with Gasteiger partial charge in [0.15, 0.2) is 0 Å². The van der Waals surface area contributed by atoms with Gasteiger partial charge < -0.3 is 15.2 Å². The molecule has 1 aromatic rings. The van der Waals surface area contributed by atoms with Crippen LogP contribution in [0.1, 0.15) is 30.9 Å². The number of rotatable bonds is 1. The number of halogens is 1. The molecule has 3 rings (SSSR count). The Labute approximate surface area is 99.7 Å². The Hall–Kier alpha value is -1.13. The molecule has 3 unspecified atom stereocenters. The number of hydrogen-bond donors (Lipinski definition) is 1. The van der Waals surface area contributed by atoms with E-state index in [1.54, 1.807) is 6.07 Å². The van der Waals surface area contributed by atoms with Crippen molar-refractivity contribution in [2.24, 2.45) is 5.73 Å². The number of benzene rings is 1. The molecule has 0 aliphatic carbocycles. The van der Waals surface area contributed by atoms with Crippen LogP contribution < -0.4 is 10.5 Å². The molecule has 3 nitrogen and oxygen atoms in total. The van der Waals surface area contributed by atoms with Crippen LogP contribution in [0, 0.1) is 5.82 Å². The lowest BCUT2D eigenvalue weighted by atomic mass is 9.94. The van der Waals surface area contributed by atoms with Gasteiger partial charge in [0.2, 0.25) is 0 Å². The standard InChI is InChI=1S/C13H16FNO2/c14-8-3-4-11-9(6-8)10(15)7-13(17-11)12-2-1-5-16-12/h3-4,6,10,12-13H,1-2,5,7,15H2. The Morgan fingerprint density at radius 3 is 2.94 bits per heavy atom. The molecule has 2 aliphatic rings. The molecule has 0 amide bonds. The Balaban J connectivity index is 1.84. The third-order valence-corrected chi connectivity index (χ3v) is 3.52. The van der Waals surface area contributed by atoms with Gasteiger partial charge in [-0.1, -0.05) is 0 Å². The van der Waals surface area contributed by atoms with Gasteiger partial charge in [0.05, 0.1) is 6.10 Å². The molecule has 0 radical (unpaired) electrons. The largest absolute Gasteiger partial charge is 0.487 e. The van der Waals surface area contributed by atoms with Gasteiger partial charge in [-0.05, 0) is 31.0 Å². The zero-order chi connectivity index (χ0) is 11.8. The van der Waals surface area contributed by atoms with E-state index in [1.807, 2.05) is 0 Å². The average molecular weight is 237 g/mol. The fourth-order valence-electron chi connectivity index (χ4n) is 2.63. The summed E-state index contributed by atoms with van der Waals surface area (Å²) in [6.07, 6.45) is 2.94. The first-order valence-electron chi connectivity index (χ1n) is 6.07. The first kappa shape index (κ1) is 11.0. The van der Waals surface area contributed by atoms with Gasteiger partial charge in [-0.2, -0.15) is 0 Å². The molecule has 0 bridgehead atoms. The van der Waals surface area contributed by atoms with Crippen molar-refractivity contribution in [3.63, 3.8) is 0 Å². The lowest BCUT2D eigenvalue weighted by Gasteiger charge is -2.33. The number of nitrogens with two attached hydrogens (primary N) is 1. The van der Waals surface area contributed by atoms with Crippen molar-refractivity contribution in [3.8, 4) is 5.75 Å². The highest BCUT2D eigenvalue weighted by Crippen LogP contribution is 2.36. The topological polar surface area (TPSA) is 44.5 Å². The summed E-state index contributed by atoms with van der Waals surface area (Å²) in [6.45, 7) is 0.802. The van der Waals surface area contributed by atoms with E-state index >= 15 is 0 Å². The molecule has 4 heteroatoms.